The predicted octanol–water partition coefficient (Wildman–Crippen LogP) is 2.49. The Morgan fingerprint density at radius 2 is 2.15 bits per heavy atom. The van der Waals surface area contributed by atoms with Crippen LogP contribution in [0.1, 0.15) is 11.1 Å². The van der Waals surface area contributed by atoms with Crippen LogP contribution >= 0.6 is 0 Å². The Bertz CT molecular complexity index is 628. The molecule has 5 heteroatoms. The van der Waals surface area contributed by atoms with Crippen molar-refractivity contribution in [2.24, 2.45) is 0 Å². The number of carbonyl (C=O) groups is 1. The number of rotatable bonds is 2. The van der Waals surface area contributed by atoms with Crippen LogP contribution in [0.5, 0.6) is 5.75 Å². The van der Waals surface area contributed by atoms with Crippen molar-refractivity contribution in [1.29, 1.82) is 0 Å². The van der Waals surface area contributed by atoms with Crippen LogP contribution in [0.3, 0.4) is 0 Å². The molecule has 1 aliphatic rings. The molecule has 0 bridgehead atoms. The molecule has 1 N–H and O–H groups in total. The minimum Gasteiger partial charge on any atom is -0.506 e. The third-order valence-electron chi connectivity index (χ3n) is 3.21. The van der Waals surface area contributed by atoms with E-state index in [4.69, 9.17) is 4.74 Å². The Labute approximate surface area is 116 Å². The molecule has 0 unspecified atom stereocenters. The van der Waals surface area contributed by atoms with Crippen LogP contribution in [0.4, 0.5) is 10.6 Å². The first-order chi connectivity index (χ1) is 9.74. The number of hydrogen-bond acceptors (Lipinski definition) is 4. The van der Waals surface area contributed by atoms with E-state index in [1.54, 1.807) is 6.07 Å². The molecule has 20 heavy (non-hydrogen) atoms. The molecule has 1 aromatic carbocycles. The van der Waals surface area contributed by atoms with E-state index in [1.807, 2.05) is 30.3 Å². The summed E-state index contributed by atoms with van der Waals surface area (Å²) < 4.78 is 5.28. The summed E-state index contributed by atoms with van der Waals surface area (Å²) in [4.78, 5) is 17.7. The lowest BCUT2D eigenvalue weighted by atomic mass is 10.2. The number of carbonyl (C=O) groups excluding carboxylic acids is 1. The second-order valence-electron chi connectivity index (χ2n) is 4.62. The molecule has 0 saturated heterocycles. The topological polar surface area (TPSA) is 62.7 Å². The molecule has 0 atom stereocenters. The number of pyridine rings is 1. The largest absolute Gasteiger partial charge is 0.506 e. The summed E-state index contributed by atoms with van der Waals surface area (Å²) in [7, 11) is 0. The zero-order chi connectivity index (χ0) is 13.9. The van der Waals surface area contributed by atoms with Gasteiger partial charge in [-0.3, -0.25) is 4.90 Å². The van der Waals surface area contributed by atoms with Crippen LogP contribution in [-0.2, 0) is 17.8 Å². The van der Waals surface area contributed by atoms with Gasteiger partial charge in [-0.2, -0.15) is 0 Å². The van der Waals surface area contributed by atoms with Crippen LogP contribution in [0, 0.1) is 0 Å². The number of benzene rings is 1. The molecule has 2 heterocycles. The Morgan fingerprint density at radius 1 is 1.35 bits per heavy atom. The van der Waals surface area contributed by atoms with Crippen molar-refractivity contribution in [1.82, 2.24) is 4.98 Å². The molecule has 2 aromatic rings. The highest BCUT2D eigenvalue weighted by Gasteiger charge is 2.27. The van der Waals surface area contributed by atoms with Crippen LogP contribution < -0.4 is 4.90 Å². The first-order valence-corrected chi connectivity index (χ1v) is 6.40. The molecule has 102 valence electrons. The number of aromatic hydroxyl groups is 1. The number of amides is 1. The Hall–Kier alpha value is -2.56. The van der Waals surface area contributed by atoms with Crippen molar-refractivity contribution in [3.63, 3.8) is 0 Å². The number of fused-ring (bicyclic) bond motifs is 1. The van der Waals surface area contributed by atoms with Crippen LogP contribution in [0.15, 0.2) is 42.6 Å². The zero-order valence-electron chi connectivity index (χ0n) is 10.8. The lowest BCUT2D eigenvalue weighted by molar-refractivity contribution is 0.147. The van der Waals surface area contributed by atoms with Crippen LogP contribution in [0.2, 0.25) is 0 Å². The lowest BCUT2D eigenvalue weighted by Crippen LogP contribution is -2.30. The van der Waals surface area contributed by atoms with E-state index in [1.165, 1.54) is 11.1 Å². The van der Waals surface area contributed by atoms with E-state index >= 15 is 0 Å². The summed E-state index contributed by atoms with van der Waals surface area (Å²) in [5.41, 5.74) is 1.81. The fourth-order valence-electron chi connectivity index (χ4n) is 2.23. The van der Waals surface area contributed by atoms with Crippen molar-refractivity contribution in [3.05, 3.63) is 53.7 Å². The van der Waals surface area contributed by atoms with Gasteiger partial charge in [0.1, 0.15) is 18.2 Å². The quantitative estimate of drug-likeness (QED) is 0.910. The van der Waals surface area contributed by atoms with Gasteiger partial charge >= 0.3 is 6.09 Å². The average Bonchev–Trinajstić information content (AvgIpc) is 2.89. The standard InChI is InChI=1S/C15H14N2O3/c18-13-8-12-6-7-17(14(12)16-9-13)15(19)20-10-11-4-2-1-3-5-11/h1-5,8-9,18H,6-7,10H2. The van der Waals surface area contributed by atoms with Gasteiger partial charge < -0.3 is 9.84 Å². The summed E-state index contributed by atoms with van der Waals surface area (Å²) in [6.45, 7) is 0.767. The van der Waals surface area contributed by atoms with E-state index in [0.29, 0.717) is 18.8 Å². The van der Waals surface area contributed by atoms with Gasteiger partial charge in [-0.15, -0.1) is 0 Å². The SMILES string of the molecule is O=C(OCc1ccccc1)N1CCc2cc(O)cnc21. The highest BCUT2D eigenvalue weighted by atomic mass is 16.6. The summed E-state index contributed by atoms with van der Waals surface area (Å²) in [6.07, 6.45) is 1.60. The maximum Gasteiger partial charge on any atom is 0.415 e. The van der Waals surface area contributed by atoms with Gasteiger partial charge in [-0.1, -0.05) is 30.3 Å². The summed E-state index contributed by atoms with van der Waals surface area (Å²) >= 11 is 0. The molecule has 1 aromatic heterocycles. The van der Waals surface area contributed by atoms with Crippen LogP contribution in [0.25, 0.3) is 0 Å². The second kappa shape index (κ2) is 5.21. The summed E-state index contributed by atoms with van der Waals surface area (Å²) in [6, 6.07) is 11.2. The van der Waals surface area contributed by atoms with E-state index in [2.05, 4.69) is 4.98 Å². The smallest absolute Gasteiger partial charge is 0.415 e. The van der Waals surface area contributed by atoms with Gasteiger partial charge in [-0.25, -0.2) is 9.78 Å². The van der Waals surface area contributed by atoms with Gasteiger partial charge in [-0.05, 0) is 18.1 Å². The predicted molar refractivity (Wildman–Crippen MR) is 73.6 cm³/mol. The van der Waals surface area contributed by atoms with Crippen molar-refractivity contribution in [2.45, 2.75) is 13.0 Å². The van der Waals surface area contributed by atoms with Crippen molar-refractivity contribution in [3.8, 4) is 5.75 Å². The van der Waals surface area contributed by atoms with Crippen molar-refractivity contribution in [2.75, 3.05) is 11.4 Å². The normalized spacial score (nSPS) is 13.1. The Kier molecular flexibility index (Phi) is 3.25. The minimum absolute atomic E-state index is 0.114. The third-order valence-corrected chi connectivity index (χ3v) is 3.21. The molecule has 1 aliphatic heterocycles. The summed E-state index contributed by atoms with van der Waals surface area (Å²) in [5, 5.41) is 9.38. The number of nitrogens with zero attached hydrogens (tertiary/aromatic N) is 2. The molecule has 5 nitrogen and oxygen atoms in total. The maximum absolute atomic E-state index is 12.1. The first kappa shape index (κ1) is 12.5. The molecule has 0 spiro atoms. The van der Waals surface area contributed by atoms with Crippen molar-refractivity contribution < 1.29 is 14.6 Å². The fraction of sp³-hybridized carbons (Fsp3) is 0.200. The Morgan fingerprint density at radius 3 is 2.95 bits per heavy atom. The molecule has 0 saturated carbocycles. The molecule has 0 aliphatic carbocycles. The van der Waals surface area contributed by atoms with Gasteiger partial charge in [0.2, 0.25) is 0 Å². The highest BCUT2D eigenvalue weighted by molar-refractivity contribution is 5.88. The van der Waals surface area contributed by atoms with E-state index in [-0.39, 0.29) is 12.4 Å². The fourth-order valence-corrected chi connectivity index (χ4v) is 2.23. The van der Waals surface area contributed by atoms with Gasteiger partial charge in [0.25, 0.3) is 0 Å². The monoisotopic (exact) mass is 270 g/mol. The van der Waals surface area contributed by atoms with E-state index < -0.39 is 6.09 Å². The van der Waals surface area contributed by atoms with E-state index in [9.17, 15) is 9.90 Å². The minimum atomic E-state index is -0.411. The first-order valence-electron chi connectivity index (χ1n) is 6.40. The molecular weight excluding hydrogens is 256 g/mol. The molecule has 3 rings (SSSR count). The average molecular weight is 270 g/mol. The maximum atomic E-state index is 12.1. The highest BCUT2D eigenvalue weighted by Crippen LogP contribution is 2.28. The number of ether oxygens (including phenoxy) is 1. The summed E-state index contributed by atoms with van der Waals surface area (Å²) in [5.74, 6) is 0.684. The molecular formula is C15H14N2O3. The van der Waals surface area contributed by atoms with Gasteiger partial charge in [0.15, 0.2) is 0 Å². The lowest BCUT2D eigenvalue weighted by Gasteiger charge is -2.16. The third kappa shape index (κ3) is 2.42. The zero-order valence-corrected chi connectivity index (χ0v) is 10.8. The van der Waals surface area contributed by atoms with Crippen molar-refractivity contribution >= 4 is 11.9 Å². The van der Waals surface area contributed by atoms with Gasteiger partial charge in [0.05, 0.1) is 6.20 Å². The molecule has 1 amide bonds. The Balaban J connectivity index is 1.68. The van der Waals surface area contributed by atoms with Gasteiger partial charge in [0, 0.05) is 12.1 Å². The molecule has 0 fully saturated rings. The number of anilines is 1. The number of hydrogen-bond donors (Lipinski definition) is 1. The van der Waals surface area contributed by atoms with E-state index in [0.717, 1.165) is 11.1 Å². The number of aromatic nitrogens is 1. The second-order valence-corrected chi connectivity index (χ2v) is 4.62. The van der Waals surface area contributed by atoms with Crippen LogP contribution in [-0.4, -0.2) is 22.7 Å². The molecule has 0 radical (unpaired) electrons.